The van der Waals surface area contributed by atoms with E-state index < -0.39 is 31.6 Å². The van der Waals surface area contributed by atoms with Crippen LogP contribution in [0.2, 0.25) is 0 Å². The Labute approximate surface area is 251 Å². The number of ether oxygens (including phenoxy) is 2. The molecular formula is C30H37N3O8S2. The van der Waals surface area contributed by atoms with Crippen LogP contribution >= 0.6 is 0 Å². The summed E-state index contributed by atoms with van der Waals surface area (Å²) in [6.07, 6.45) is 3.49. The summed E-state index contributed by atoms with van der Waals surface area (Å²) in [5.41, 5.74) is 0.962. The zero-order chi connectivity index (χ0) is 30.4. The Morgan fingerprint density at radius 2 is 1.88 bits per heavy atom. The van der Waals surface area contributed by atoms with E-state index in [1.807, 2.05) is 13.0 Å². The molecule has 0 unspecified atom stereocenters. The van der Waals surface area contributed by atoms with Crippen LogP contribution < -0.4 is 10.1 Å². The van der Waals surface area contributed by atoms with Gasteiger partial charge in [-0.05, 0) is 68.9 Å². The van der Waals surface area contributed by atoms with E-state index in [0.717, 1.165) is 5.56 Å². The summed E-state index contributed by atoms with van der Waals surface area (Å²) in [5, 5.41) is 24.7. The highest BCUT2D eigenvalue weighted by Crippen LogP contribution is 2.39. The van der Waals surface area contributed by atoms with E-state index in [0.29, 0.717) is 55.4 Å². The third-order valence-electron chi connectivity index (χ3n) is 8.68. The summed E-state index contributed by atoms with van der Waals surface area (Å²) < 4.78 is 65.1. The lowest BCUT2D eigenvalue weighted by Gasteiger charge is -2.38. The van der Waals surface area contributed by atoms with Crippen LogP contribution in [0.25, 0.3) is 10.9 Å². The molecule has 1 aliphatic carbocycles. The molecule has 2 atom stereocenters. The quantitative estimate of drug-likeness (QED) is 0.304. The largest absolute Gasteiger partial charge is 0.506 e. The number of benzene rings is 2. The number of para-hydroxylation sites is 1. The van der Waals surface area contributed by atoms with Crippen molar-refractivity contribution in [3.05, 3.63) is 54.2 Å². The molecule has 13 heteroatoms. The van der Waals surface area contributed by atoms with Gasteiger partial charge in [-0.15, -0.1) is 0 Å². The average Bonchev–Trinajstić information content (AvgIpc) is 3.79. The van der Waals surface area contributed by atoms with Gasteiger partial charge in [0.15, 0.2) is 9.84 Å². The molecule has 2 aliphatic heterocycles. The number of aromatic nitrogens is 1. The number of aryl methyl sites for hydroxylation is 1. The second kappa shape index (κ2) is 11.6. The van der Waals surface area contributed by atoms with Crippen molar-refractivity contribution < 1.29 is 36.5 Å². The molecule has 0 bridgehead atoms. The van der Waals surface area contributed by atoms with Crippen LogP contribution in [-0.2, 0) is 24.6 Å². The van der Waals surface area contributed by atoms with Crippen molar-refractivity contribution in [2.24, 2.45) is 0 Å². The van der Waals surface area contributed by atoms with Crippen molar-refractivity contribution in [1.29, 1.82) is 0 Å². The first-order chi connectivity index (χ1) is 20.5. The smallest absolute Gasteiger partial charge is 0.248 e. The van der Waals surface area contributed by atoms with Crippen LogP contribution in [-0.4, -0.2) is 92.2 Å². The number of hydrogen-bond donors (Lipinski definition) is 3. The highest BCUT2D eigenvalue weighted by Gasteiger charge is 2.45. The maximum atomic E-state index is 13.4. The van der Waals surface area contributed by atoms with Gasteiger partial charge in [0.25, 0.3) is 0 Å². The fourth-order valence-electron chi connectivity index (χ4n) is 5.99. The summed E-state index contributed by atoms with van der Waals surface area (Å²) in [6, 6.07) is 11.7. The highest BCUT2D eigenvalue weighted by atomic mass is 32.2. The van der Waals surface area contributed by atoms with Gasteiger partial charge in [0, 0.05) is 31.1 Å². The zero-order valence-corrected chi connectivity index (χ0v) is 25.6. The fraction of sp³-hybridized carbons (Fsp3) is 0.500. The van der Waals surface area contributed by atoms with Crippen LogP contribution in [0.3, 0.4) is 0 Å². The average molecular weight is 632 g/mol. The van der Waals surface area contributed by atoms with Gasteiger partial charge in [0.2, 0.25) is 10.0 Å². The van der Waals surface area contributed by atoms with Crippen LogP contribution in [0.5, 0.6) is 11.5 Å². The normalized spacial score (nSPS) is 21.8. The van der Waals surface area contributed by atoms with Gasteiger partial charge in [0.1, 0.15) is 29.1 Å². The Hall–Kier alpha value is -2.81. The molecule has 6 rings (SSSR count). The van der Waals surface area contributed by atoms with E-state index in [-0.39, 0.29) is 53.1 Å². The molecule has 1 spiro atoms. The number of sulfone groups is 1. The number of nitrogens with zero attached hydrogens (tertiary/aromatic N) is 2. The van der Waals surface area contributed by atoms with Crippen molar-refractivity contribution >= 4 is 30.8 Å². The van der Waals surface area contributed by atoms with Crippen molar-refractivity contribution in [3.8, 4) is 11.5 Å². The fourth-order valence-corrected chi connectivity index (χ4v) is 9.16. The third-order valence-corrected chi connectivity index (χ3v) is 12.8. The summed E-state index contributed by atoms with van der Waals surface area (Å²) in [6.45, 7) is 3.08. The van der Waals surface area contributed by atoms with Crippen LogP contribution in [0.15, 0.2) is 58.5 Å². The molecule has 11 nitrogen and oxygen atoms in total. The second-order valence-corrected chi connectivity index (χ2v) is 16.0. The molecule has 2 saturated heterocycles. The summed E-state index contributed by atoms with van der Waals surface area (Å²) in [7, 11) is -7.27. The van der Waals surface area contributed by atoms with Crippen LogP contribution in [0.4, 0.5) is 0 Å². The van der Waals surface area contributed by atoms with E-state index in [1.54, 1.807) is 30.3 Å². The summed E-state index contributed by atoms with van der Waals surface area (Å²) >= 11 is 0. The molecule has 0 radical (unpaired) electrons. The monoisotopic (exact) mass is 631 g/mol. The first kappa shape index (κ1) is 30.2. The number of rotatable bonds is 10. The summed E-state index contributed by atoms with van der Waals surface area (Å²) in [5.74, 6) is 0.113. The maximum Gasteiger partial charge on any atom is 0.248 e. The van der Waals surface area contributed by atoms with Crippen molar-refractivity contribution in [3.63, 3.8) is 0 Å². The first-order valence-corrected chi connectivity index (χ1v) is 17.6. The molecule has 3 fully saturated rings. The van der Waals surface area contributed by atoms with Crippen LogP contribution in [0.1, 0.15) is 37.7 Å². The predicted molar refractivity (Wildman–Crippen MR) is 159 cm³/mol. The number of pyridine rings is 1. The number of fused-ring (bicyclic) bond motifs is 1. The standard InChI is InChI=1S/C30H37N3O8S2/c1-20-4-2-7-26-28(20)32-17-27(29(26)35)43(38,39)33-12-10-30(11-13-33)15-21(18-41-30)31-16-22(34)19-40-23-5-3-6-25(14-23)42(36,37)24-8-9-24/h2-7,14,17,21-22,24,31,34H,8-13,15-16,18-19H2,1H3,(H,32,35)/t21-,22+/m1/s1. The van der Waals surface area contributed by atoms with Crippen molar-refractivity contribution in [2.75, 3.05) is 32.8 Å². The molecule has 3 aliphatic rings. The number of aliphatic hydroxyl groups excluding tert-OH is 1. The van der Waals surface area contributed by atoms with Crippen molar-refractivity contribution in [1.82, 2.24) is 14.6 Å². The van der Waals surface area contributed by atoms with Gasteiger partial charge in [-0.1, -0.05) is 18.2 Å². The molecule has 3 aromatic rings. The third kappa shape index (κ3) is 6.11. The van der Waals surface area contributed by atoms with Gasteiger partial charge in [-0.25, -0.2) is 16.8 Å². The van der Waals surface area contributed by atoms with E-state index in [1.165, 1.54) is 16.6 Å². The van der Waals surface area contributed by atoms with E-state index in [2.05, 4.69) is 10.3 Å². The maximum absolute atomic E-state index is 13.4. The van der Waals surface area contributed by atoms with Crippen LogP contribution in [0, 0.1) is 6.92 Å². The first-order valence-electron chi connectivity index (χ1n) is 14.6. The molecule has 0 amide bonds. The second-order valence-electron chi connectivity index (χ2n) is 11.8. The van der Waals surface area contributed by atoms with Gasteiger partial charge in [0.05, 0.1) is 34.1 Å². The Balaban J connectivity index is 0.992. The minimum Gasteiger partial charge on any atom is -0.506 e. The Morgan fingerprint density at radius 3 is 2.63 bits per heavy atom. The number of aromatic hydroxyl groups is 1. The Morgan fingerprint density at radius 1 is 1.14 bits per heavy atom. The SMILES string of the molecule is Cc1cccc2c(O)c(S(=O)(=O)N3CCC4(CC3)C[C@@H](NC[C@H](O)COc3cccc(S(=O)(=O)C5CC5)c3)CO4)cnc12. The molecule has 2 aromatic carbocycles. The highest BCUT2D eigenvalue weighted by molar-refractivity contribution is 7.92. The number of aliphatic hydroxyl groups is 1. The lowest BCUT2D eigenvalue weighted by atomic mass is 9.88. The minimum absolute atomic E-state index is 0.00150. The minimum atomic E-state index is -3.95. The molecule has 1 aromatic heterocycles. The van der Waals surface area contributed by atoms with E-state index >= 15 is 0 Å². The zero-order valence-electron chi connectivity index (χ0n) is 24.0. The van der Waals surface area contributed by atoms with E-state index in [4.69, 9.17) is 9.47 Å². The van der Waals surface area contributed by atoms with Gasteiger partial charge in [-0.2, -0.15) is 4.31 Å². The topological polar surface area (TPSA) is 155 Å². The van der Waals surface area contributed by atoms with E-state index in [9.17, 15) is 27.0 Å². The molecule has 43 heavy (non-hydrogen) atoms. The molecule has 1 saturated carbocycles. The number of sulfonamides is 1. The molecular weight excluding hydrogens is 594 g/mol. The number of piperidine rings is 1. The number of nitrogens with one attached hydrogen (secondary N) is 1. The Bertz CT molecular complexity index is 1720. The summed E-state index contributed by atoms with van der Waals surface area (Å²) in [4.78, 5) is 4.37. The lowest BCUT2D eigenvalue weighted by Crippen LogP contribution is -2.47. The van der Waals surface area contributed by atoms with Crippen molar-refractivity contribution in [2.45, 2.75) is 71.8 Å². The number of hydrogen-bond acceptors (Lipinski definition) is 10. The predicted octanol–water partition coefficient (Wildman–Crippen LogP) is 2.53. The molecule has 232 valence electrons. The van der Waals surface area contributed by atoms with Gasteiger partial charge in [-0.3, -0.25) is 4.98 Å². The molecule has 3 heterocycles. The molecule has 3 N–H and O–H groups in total. The lowest BCUT2D eigenvalue weighted by molar-refractivity contribution is -0.0312. The van der Waals surface area contributed by atoms with Gasteiger partial charge < -0.3 is 25.0 Å². The van der Waals surface area contributed by atoms with Gasteiger partial charge >= 0.3 is 0 Å². The Kier molecular flexibility index (Phi) is 8.16.